The molecule has 0 unspecified atom stereocenters. The number of rotatable bonds is 8. The summed E-state index contributed by atoms with van der Waals surface area (Å²) in [6, 6.07) is 8.71. The van der Waals surface area contributed by atoms with Crippen LogP contribution >= 0.6 is 0 Å². The predicted octanol–water partition coefficient (Wildman–Crippen LogP) is 3.73. The van der Waals surface area contributed by atoms with Gasteiger partial charge in [-0.1, -0.05) is 25.1 Å². The molecule has 3 rings (SSSR count). The van der Waals surface area contributed by atoms with Crippen LogP contribution in [-0.2, 0) is 19.3 Å². The zero-order valence-corrected chi connectivity index (χ0v) is 17.0. The first-order valence-electron chi connectivity index (χ1n) is 10.3. The predicted molar refractivity (Wildman–Crippen MR) is 111 cm³/mol. The monoisotopic (exact) mass is 418 g/mol. The molecular formula is C23H28F2N2O3. The van der Waals surface area contributed by atoms with Gasteiger partial charge in [0, 0.05) is 18.7 Å². The summed E-state index contributed by atoms with van der Waals surface area (Å²) in [6.07, 6.45) is 1.54. The van der Waals surface area contributed by atoms with Crippen molar-refractivity contribution in [3.8, 4) is 0 Å². The molecule has 0 saturated carbocycles. The fraction of sp³-hybridized carbons (Fsp3) is 0.435. The number of aliphatic hydroxyl groups excluding tert-OH is 1. The maximum atomic E-state index is 13.5. The molecule has 0 aromatic heterocycles. The lowest BCUT2D eigenvalue weighted by Crippen LogP contribution is -2.49. The van der Waals surface area contributed by atoms with E-state index in [0.29, 0.717) is 0 Å². The van der Waals surface area contributed by atoms with Gasteiger partial charge in [0.15, 0.2) is 0 Å². The number of carbonyl (C=O) groups is 1. The Labute approximate surface area is 175 Å². The standard InChI is InChI=1S/C23H28F2N2O3/c1-2-14-6-7-16-4-3-5-20(19(16)10-14)26-13-22(28)21(27-23(29)30)11-15-8-17(24)12-18(25)9-15/h6-10,12,20-22,26-28H,2-5,11,13H2,1H3,(H,29,30)/t20-,21-,22+/m0/s1. The third-order valence-corrected chi connectivity index (χ3v) is 5.66. The second kappa shape index (κ2) is 10.00. The van der Waals surface area contributed by atoms with E-state index in [-0.39, 0.29) is 24.6 Å². The van der Waals surface area contributed by atoms with Crippen LogP contribution in [0.4, 0.5) is 13.6 Å². The molecule has 0 spiro atoms. The fourth-order valence-electron chi connectivity index (χ4n) is 4.11. The molecule has 5 nitrogen and oxygen atoms in total. The summed E-state index contributed by atoms with van der Waals surface area (Å²) in [5, 5.41) is 25.4. The van der Waals surface area contributed by atoms with Gasteiger partial charge in [-0.25, -0.2) is 13.6 Å². The van der Waals surface area contributed by atoms with Gasteiger partial charge in [0.05, 0.1) is 12.1 Å². The zero-order valence-electron chi connectivity index (χ0n) is 17.0. The van der Waals surface area contributed by atoms with E-state index < -0.39 is 29.9 Å². The molecule has 1 aliphatic carbocycles. The van der Waals surface area contributed by atoms with Gasteiger partial charge in [-0.05, 0) is 66.5 Å². The van der Waals surface area contributed by atoms with E-state index in [1.54, 1.807) is 0 Å². The van der Waals surface area contributed by atoms with Crippen molar-refractivity contribution < 1.29 is 23.8 Å². The molecule has 4 N–H and O–H groups in total. The number of benzene rings is 2. The molecular weight excluding hydrogens is 390 g/mol. The number of hydrogen-bond donors (Lipinski definition) is 4. The minimum atomic E-state index is -1.30. The van der Waals surface area contributed by atoms with Crippen LogP contribution in [0.2, 0.25) is 0 Å². The molecule has 0 fully saturated rings. The maximum absolute atomic E-state index is 13.5. The Morgan fingerprint density at radius 2 is 1.90 bits per heavy atom. The lowest BCUT2D eigenvalue weighted by molar-refractivity contribution is 0.114. The molecule has 2 aromatic carbocycles. The van der Waals surface area contributed by atoms with Crippen molar-refractivity contribution in [3.63, 3.8) is 0 Å². The molecule has 1 aliphatic rings. The van der Waals surface area contributed by atoms with Crippen LogP contribution in [0.25, 0.3) is 0 Å². The Morgan fingerprint density at radius 1 is 1.17 bits per heavy atom. The fourth-order valence-corrected chi connectivity index (χ4v) is 4.11. The highest BCUT2D eigenvalue weighted by atomic mass is 19.1. The van der Waals surface area contributed by atoms with E-state index in [1.165, 1.54) is 16.7 Å². The van der Waals surface area contributed by atoms with Crippen LogP contribution in [-0.4, -0.2) is 35.0 Å². The molecule has 30 heavy (non-hydrogen) atoms. The van der Waals surface area contributed by atoms with Gasteiger partial charge in [0.25, 0.3) is 0 Å². The molecule has 1 amide bonds. The molecule has 0 saturated heterocycles. The minimum absolute atomic E-state index is 0.0228. The van der Waals surface area contributed by atoms with E-state index in [4.69, 9.17) is 5.11 Å². The highest BCUT2D eigenvalue weighted by molar-refractivity contribution is 5.65. The molecule has 7 heteroatoms. The van der Waals surface area contributed by atoms with Gasteiger partial charge in [0.1, 0.15) is 11.6 Å². The van der Waals surface area contributed by atoms with Crippen molar-refractivity contribution >= 4 is 6.09 Å². The van der Waals surface area contributed by atoms with Gasteiger partial charge in [-0.2, -0.15) is 0 Å². The lowest BCUT2D eigenvalue weighted by atomic mass is 9.86. The largest absolute Gasteiger partial charge is 0.465 e. The Hall–Kier alpha value is -2.51. The molecule has 162 valence electrons. The summed E-state index contributed by atoms with van der Waals surface area (Å²) in [5.74, 6) is -1.48. The van der Waals surface area contributed by atoms with Crippen LogP contribution in [0.15, 0.2) is 36.4 Å². The zero-order chi connectivity index (χ0) is 21.7. The molecule has 0 bridgehead atoms. The summed E-state index contributed by atoms with van der Waals surface area (Å²) in [7, 11) is 0. The molecule has 2 aromatic rings. The Bertz CT molecular complexity index is 870. The first kappa shape index (κ1) is 22.2. The topological polar surface area (TPSA) is 81.6 Å². The highest BCUT2D eigenvalue weighted by Gasteiger charge is 2.25. The maximum Gasteiger partial charge on any atom is 0.404 e. The number of hydrogen-bond acceptors (Lipinski definition) is 3. The van der Waals surface area contributed by atoms with Gasteiger partial charge in [-0.15, -0.1) is 0 Å². The van der Waals surface area contributed by atoms with Crippen molar-refractivity contribution in [1.29, 1.82) is 0 Å². The van der Waals surface area contributed by atoms with Crippen molar-refractivity contribution in [2.45, 2.75) is 57.2 Å². The number of nitrogens with one attached hydrogen (secondary N) is 2. The van der Waals surface area contributed by atoms with E-state index in [0.717, 1.165) is 43.9 Å². The Kier molecular flexibility index (Phi) is 7.39. The summed E-state index contributed by atoms with van der Waals surface area (Å²) < 4.78 is 27.0. The van der Waals surface area contributed by atoms with Gasteiger partial charge in [-0.3, -0.25) is 0 Å². The van der Waals surface area contributed by atoms with Crippen molar-refractivity contribution in [2.24, 2.45) is 0 Å². The SMILES string of the molecule is CCc1ccc2c(c1)[C@@H](NC[C@@H](O)[C@H](Cc1cc(F)cc(F)c1)NC(=O)O)CCC2. The smallest absolute Gasteiger partial charge is 0.404 e. The third-order valence-electron chi connectivity index (χ3n) is 5.66. The van der Waals surface area contributed by atoms with E-state index in [9.17, 15) is 18.7 Å². The van der Waals surface area contributed by atoms with Gasteiger partial charge >= 0.3 is 6.09 Å². The van der Waals surface area contributed by atoms with Gasteiger partial charge < -0.3 is 20.8 Å². The summed E-state index contributed by atoms with van der Waals surface area (Å²) in [6.45, 7) is 2.26. The number of carboxylic acid groups (broad SMARTS) is 1. The van der Waals surface area contributed by atoms with E-state index in [1.807, 2.05) is 0 Å². The van der Waals surface area contributed by atoms with Crippen LogP contribution < -0.4 is 10.6 Å². The van der Waals surface area contributed by atoms with Crippen molar-refractivity contribution in [2.75, 3.05) is 6.54 Å². The second-order valence-electron chi connectivity index (χ2n) is 7.84. The normalized spacial score (nSPS) is 17.8. The molecule has 0 aliphatic heterocycles. The number of aryl methyl sites for hydroxylation is 2. The summed E-state index contributed by atoms with van der Waals surface area (Å²) in [4.78, 5) is 11.2. The quantitative estimate of drug-likeness (QED) is 0.527. The molecule has 0 heterocycles. The summed E-state index contributed by atoms with van der Waals surface area (Å²) >= 11 is 0. The van der Waals surface area contributed by atoms with E-state index in [2.05, 4.69) is 35.8 Å². The molecule has 0 radical (unpaired) electrons. The average Bonchev–Trinajstić information content (AvgIpc) is 2.70. The van der Waals surface area contributed by atoms with Crippen LogP contribution in [0.5, 0.6) is 0 Å². The Balaban J connectivity index is 1.69. The third kappa shape index (κ3) is 5.77. The van der Waals surface area contributed by atoms with E-state index >= 15 is 0 Å². The number of amides is 1. The van der Waals surface area contributed by atoms with Crippen LogP contribution in [0.3, 0.4) is 0 Å². The van der Waals surface area contributed by atoms with Crippen LogP contribution in [0.1, 0.15) is 48.1 Å². The summed E-state index contributed by atoms with van der Waals surface area (Å²) in [5.41, 5.74) is 4.05. The number of halogens is 2. The molecule has 3 atom stereocenters. The Morgan fingerprint density at radius 3 is 2.57 bits per heavy atom. The number of fused-ring (bicyclic) bond motifs is 1. The van der Waals surface area contributed by atoms with Crippen molar-refractivity contribution in [3.05, 3.63) is 70.3 Å². The second-order valence-corrected chi connectivity index (χ2v) is 7.84. The van der Waals surface area contributed by atoms with Crippen LogP contribution in [0, 0.1) is 11.6 Å². The van der Waals surface area contributed by atoms with Crippen molar-refractivity contribution in [1.82, 2.24) is 10.6 Å². The first-order valence-corrected chi connectivity index (χ1v) is 10.3. The average molecular weight is 418 g/mol. The lowest BCUT2D eigenvalue weighted by Gasteiger charge is -2.30. The first-order chi connectivity index (χ1) is 14.4. The number of aliphatic hydroxyl groups is 1. The minimum Gasteiger partial charge on any atom is -0.465 e. The highest BCUT2D eigenvalue weighted by Crippen LogP contribution is 2.30. The van der Waals surface area contributed by atoms with Gasteiger partial charge in [0.2, 0.25) is 0 Å².